The van der Waals surface area contributed by atoms with Crippen LogP contribution in [-0.4, -0.2) is 53.5 Å². The standard InChI is InChI=1S/C24H33ClN6O/c1-3-31-12-10-16-8-9-18(14-17(16)11-13-31)28-24-27-15-20(25)22(30-24)29-21-7-5-4-6-19(21)23(32)26-2/h8-9,14-15,19,21H,3-7,10-13H2,1-2H3,(H,26,32)(H2,27,28,29,30)/t19-,21+/m1/s1. The highest BCUT2D eigenvalue weighted by Crippen LogP contribution is 2.30. The third-order valence-corrected chi connectivity index (χ3v) is 7.00. The van der Waals surface area contributed by atoms with E-state index in [1.807, 2.05) is 0 Å². The molecule has 1 aliphatic heterocycles. The number of halogens is 1. The molecule has 2 aliphatic rings. The molecule has 1 aromatic heterocycles. The number of benzene rings is 1. The SMILES string of the molecule is CCN1CCc2ccc(Nc3ncc(Cl)c(N[C@H]4CCCC[C@H]4C(=O)NC)n3)cc2CC1. The summed E-state index contributed by atoms with van der Waals surface area (Å²) in [7, 11) is 1.69. The minimum absolute atomic E-state index is 0.0120. The number of likely N-dealkylation sites (N-methyl/N-ethyl adjacent to an activating group) is 1. The van der Waals surface area contributed by atoms with Crippen molar-refractivity contribution in [3.63, 3.8) is 0 Å². The molecule has 3 N–H and O–H groups in total. The van der Waals surface area contributed by atoms with Crippen molar-refractivity contribution in [1.82, 2.24) is 20.2 Å². The van der Waals surface area contributed by atoms with Gasteiger partial charge in [0.15, 0.2) is 5.82 Å². The maximum absolute atomic E-state index is 12.3. The van der Waals surface area contributed by atoms with Gasteiger partial charge in [0, 0.05) is 31.9 Å². The van der Waals surface area contributed by atoms with Crippen LogP contribution in [0.15, 0.2) is 24.4 Å². The molecule has 0 spiro atoms. The van der Waals surface area contributed by atoms with Gasteiger partial charge in [0.25, 0.3) is 0 Å². The molecule has 8 heteroatoms. The van der Waals surface area contributed by atoms with Crippen molar-refractivity contribution in [2.24, 2.45) is 5.92 Å². The Kier molecular flexibility index (Phi) is 7.48. The summed E-state index contributed by atoms with van der Waals surface area (Å²) in [5.41, 5.74) is 3.78. The lowest BCUT2D eigenvalue weighted by atomic mass is 9.84. The molecule has 32 heavy (non-hydrogen) atoms. The number of hydrogen-bond acceptors (Lipinski definition) is 6. The fourth-order valence-electron chi connectivity index (χ4n) is 4.80. The van der Waals surface area contributed by atoms with Crippen LogP contribution in [-0.2, 0) is 17.6 Å². The average molecular weight is 457 g/mol. The second kappa shape index (κ2) is 10.5. The van der Waals surface area contributed by atoms with Crippen LogP contribution in [0.4, 0.5) is 17.5 Å². The van der Waals surface area contributed by atoms with E-state index >= 15 is 0 Å². The normalized spacial score (nSPS) is 21.3. The van der Waals surface area contributed by atoms with Gasteiger partial charge in [-0.15, -0.1) is 0 Å². The van der Waals surface area contributed by atoms with E-state index in [-0.39, 0.29) is 17.9 Å². The number of fused-ring (bicyclic) bond motifs is 1. The molecule has 1 aromatic carbocycles. The van der Waals surface area contributed by atoms with Gasteiger partial charge >= 0.3 is 0 Å². The van der Waals surface area contributed by atoms with Crippen molar-refractivity contribution in [1.29, 1.82) is 0 Å². The molecule has 1 aliphatic carbocycles. The molecule has 1 fully saturated rings. The Balaban J connectivity index is 1.48. The van der Waals surface area contributed by atoms with Crippen LogP contribution >= 0.6 is 11.6 Å². The number of hydrogen-bond donors (Lipinski definition) is 3. The van der Waals surface area contributed by atoms with Gasteiger partial charge < -0.3 is 20.9 Å². The predicted molar refractivity (Wildman–Crippen MR) is 130 cm³/mol. The van der Waals surface area contributed by atoms with Gasteiger partial charge in [0.1, 0.15) is 5.02 Å². The molecule has 2 aromatic rings. The van der Waals surface area contributed by atoms with E-state index in [2.05, 4.69) is 55.9 Å². The minimum Gasteiger partial charge on any atom is -0.365 e. The number of amides is 1. The fraction of sp³-hybridized carbons (Fsp3) is 0.542. The van der Waals surface area contributed by atoms with Crippen LogP contribution in [0.2, 0.25) is 5.02 Å². The lowest BCUT2D eigenvalue weighted by Crippen LogP contribution is -2.42. The number of carbonyl (C=O) groups excluding carboxylic acids is 1. The van der Waals surface area contributed by atoms with Crippen molar-refractivity contribution in [3.05, 3.63) is 40.5 Å². The van der Waals surface area contributed by atoms with E-state index < -0.39 is 0 Å². The summed E-state index contributed by atoms with van der Waals surface area (Å²) < 4.78 is 0. The van der Waals surface area contributed by atoms with E-state index in [4.69, 9.17) is 11.6 Å². The summed E-state index contributed by atoms with van der Waals surface area (Å²) in [4.78, 5) is 23.8. The van der Waals surface area contributed by atoms with E-state index in [0.717, 1.165) is 63.8 Å². The zero-order valence-corrected chi connectivity index (χ0v) is 19.7. The van der Waals surface area contributed by atoms with Gasteiger partial charge in [-0.1, -0.05) is 37.4 Å². The quantitative estimate of drug-likeness (QED) is 0.609. The van der Waals surface area contributed by atoms with Crippen molar-refractivity contribution in [3.8, 4) is 0 Å². The van der Waals surface area contributed by atoms with Crippen molar-refractivity contribution >= 4 is 35.0 Å². The van der Waals surface area contributed by atoms with Gasteiger partial charge in [-0.2, -0.15) is 4.98 Å². The third-order valence-electron chi connectivity index (χ3n) is 6.72. The molecule has 0 bridgehead atoms. The zero-order valence-electron chi connectivity index (χ0n) is 19.0. The second-order valence-electron chi connectivity index (χ2n) is 8.69. The van der Waals surface area contributed by atoms with E-state index in [9.17, 15) is 4.79 Å². The Labute approximate surface area is 195 Å². The zero-order chi connectivity index (χ0) is 22.5. The van der Waals surface area contributed by atoms with E-state index in [0.29, 0.717) is 16.8 Å². The summed E-state index contributed by atoms with van der Waals surface area (Å²) in [6.45, 7) is 5.52. The van der Waals surface area contributed by atoms with Crippen molar-refractivity contribution < 1.29 is 4.79 Å². The molecular weight excluding hydrogens is 424 g/mol. The monoisotopic (exact) mass is 456 g/mol. The maximum Gasteiger partial charge on any atom is 0.229 e. The average Bonchev–Trinajstić information content (AvgIpc) is 3.03. The number of rotatable bonds is 6. The fourth-order valence-corrected chi connectivity index (χ4v) is 4.95. The molecule has 1 amide bonds. The van der Waals surface area contributed by atoms with Crippen LogP contribution in [0, 0.1) is 5.92 Å². The van der Waals surface area contributed by atoms with Gasteiger partial charge in [-0.05, 0) is 55.5 Å². The van der Waals surface area contributed by atoms with Gasteiger partial charge in [-0.25, -0.2) is 4.98 Å². The molecule has 1 saturated carbocycles. The molecule has 0 unspecified atom stereocenters. The molecule has 2 heterocycles. The Morgan fingerprint density at radius 3 is 2.75 bits per heavy atom. The summed E-state index contributed by atoms with van der Waals surface area (Å²) in [5, 5.41) is 10.00. The summed E-state index contributed by atoms with van der Waals surface area (Å²) >= 11 is 6.40. The smallest absolute Gasteiger partial charge is 0.229 e. The Morgan fingerprint density at radius 1 is 1.19 bits per heavy atom. The number of anilines is 3. The van der Waals surface area contributed by atoms with Gasteiger partial charge in [-0.3, -0.25) is 4.79 Å². The Morgan fingerprint density at radius 2 is 1.97 bits per heavy atom. The summed E-state index contributed by atoms with van der Waals surface area (Å²) in [5.74, 6) is 1.05. The number of nitrogens with zero attached hydrogens (tertiary/aromatic N) is 3. The first-order valence-corrected chi connectivity index (χ1v) is 12.1. The predicted octanol–water partition coefficient (Wildman–Crippen LogP) is 4.01. The third kappa shape index (κ3) is 5.33. The van der Waals surface area contributed by atoms with E-state index in [1.54, 1.807) is 13.2 Å². The Bertz CT molecular complexity index is 952. The topological polar surface area (TPSA) is 82.2 Å². The maximum atomic E-state index is 12.3. The van der Waals surface area contributed by atoms with Crippen LogP contribution in [0.3, 0.4) is 0 Å². The minimum atomic E-state index is -0.0801. The molecule has 0 saturated heterocycles. The summed E-state index contributed by atoms with van der Waals surface area (Å²) in [6, 6.07) is 6.52. The van der Waals surface area contributed by atoms with Crippen LogP contribution in [0.25, 0.3) is 0 Å². The number of carbonyl (C=O) groups is 1. The van der Waals surface area contributed by atoms with Crippen molar-refractivity contribution in [2.45, 2.75) is 51.5 Å². The molecule has 4 rings (SSSR count). The van der Waals surface area contributed by atoms with E-state index in [1.165, 1.54) is 11.1 Å². The lowest BCUT2D eigenvalue weighted by molar-refractivity contribution is -0.125. The highest BCUT2D eigenvalue weighted by molar-refractivity contribution is 6.32. The van der Waals surface area contributed by atoms with Gasteiger partial charge in [0.2, 0.25) is 11.9 Å². The highest BCUT2D eigenvalue weighted by atomic mass is 35.5. The van der Waals surface area contributed by atoms with Crippen molar-refractivity contribution in [2.75, 3.05) is 37.3 Å². The molecule has 0 radical (unpaired) electrons. The first kappa shape index (κ1) is 22.8. The number of aromatic nitrogens is 2. The first-order chi connectivity index (χ1) is 15.6. The second-order valence-corrected chi connectivity index (χ2v) is 9.10. The first-order valence-electron chi connectivity index (χ1n) is 11.7. The van der Waals surface area contributed by atoms with Gasteiger partial charge in [0.05, 0.1) is 12.1 Å². The lowest BCUT2D eigenvalue weighted by Gasteiger charge is -2.31. The molecular formula is C24H33ClN6O. The highest BCUT2D eigenvalue weighted by Gasteiger charge is 2.31. The van der Waals surface area contributed by atoms with Crippen LogP contribution in [0.5, 0.6) is 0 Å². The molecule has 7 nitrogen and oxygen atoms in total. The largest absolute Gasteiger partial charge is 0.365 e. The Hall–Kier alpha value is -2.38. The number of nitrogens with one attached hydrogen (secondary N) is 3. The van der Waals surface area contributed by atoms with Crippen LogP contribution in [0.1, 0.15) is 43.7 Å². The molecule has 2 atom stereocenters. The molecule has 172 valence electrons. The summed E-state index contributed by atoms with van der Waals surface area (Å²) in [6.07, 6.45) is 7.69. The van der Waals surface area contributed by atoms with Crippen LogP contribution < -0.4 is 16.0 Å².